The van der Waals surface area contributed by atoms with E-state index in [1.54, 1.807) is 21.8 Å². The third-order valence-corrected chi connectivity index (χ3v) is 6.66. The largest absolute Gasteiger partial charge is 0.448 e. The van der Waals surface area contributed by atoms with Crippen molar-refractivity contribution >= 4 is 27.7 Å². The van der Waals surface area contributed by atoms with E-state index < -0.39 is 0 Å². The molecule has 1 saturated heterocycles. The molecule has 32 heavy (non-hydrogen) atoms. The number of H-pyrrole nitrogens is 1. The zero-order chi connectivity index (χ0) is 22.2. The molecule has 2 atom stereocenters. The molecule has 0 bridgehead atoms. The Balaban J connectivity index is 1.14. The number of rotatable bonds is 6. The summed E-state index contributed by atoms with van der Waals surface area (Å²) in [6, 6.07) is 1.42. The molecule has 3 aromatic heterocycles. The van der Waals surface area contributed by atoms with E-state index in [2.05, 4.69) is 46.7 Å². The van der Waals surface area contributed by atoms with Gasteiger partial charge in [-0.3, -0.25) is 14.3 Å². The van der Waals surface area contributed by atoms with E-state index in [-0.39, 0.29) is 29.7 Å². The second kappa shape index (κ2) is 8.49. The van der Waals surface area contributed by atoms with Gasteiger partial charge < -0.3 is 14.6 Å². The Morgan fingerprint density at radius 3 is 2.94 bits per heavy atom. The zero-order valence-electron chi connectivity index (χ0n) is 17.5. The molecule has 11 nitrogen and oxygen atoms in total. The number of aromatic nitrogens is 6. The SMILES string of the molecule is CC(C(=O)N1CC(c2ocnc2CNC(=O)C2CCc3n[nH]nc3C2)C1)n1ccc(Br)n1. The first-order valence-corrected chi connectivity index (χ1v) is 11.4. The van der Waals surface area contributed by atoms with E-state index in [4.69, 9.17) is 4.42 Å². The number of hydrogen-bond donors (Lipinski definition) is 2. The lowest BCUT2D eigenvalue weighted by Crippen LogP contribution is -2.50. The normalized spacial score (nSPS) is 19.3. The number of carbonyl (C=O) groups is 2. The van der Waals surface area contributed by atoms with Gasteiger partial charge in [-0.25, -0.2) is 4.98 Å². The van der Waals surface area contributed by atoms with Gasteiger partial charge in [-0.05, 0) is 41.8 Å². The second-order valence-electron chi connectivity index (χ2n) is 8.27. The Kier molecular flexibility index (Phi) is 5.53. The molecular weight excluding hydrogens is 480 g/mol. The van der Waals surface area contributed by atoms with Gasteiger partial charge in [0, 0.05) is 31.6 Å². The summed E-state index contributed by atoms with van der Waals surface area (Å²) >= 11 is 3.30. The number of aryl methyl sites for hydroxylation is 1. The topological polar surface area (TPSA) is 135 Å². The molecule has 168 valence electrons. The molecular formula is C20H23BrN8O3. The first-order valence-electron chi connectivity index (χ1n) is 10.6. The second-order valence-corrected chi connectivity index (χ2v) is 9.08. The Labute approximate surface area is 192 Å². The predicted octanol–water partition coefficient (Wildman–Crippen LogP) is 1.36. The minimum Gasteiger partial charge on any atom is -0.448 e. The lowest BCUT2D eigenvalue weighted by atomic mass is 9.89. The maximum Gasteiger partial charge on any atom is 0.247 e. The zero-order valence-corrected chi connectivity index (χ0v) is 19.1. The van der Waals surface area contributed by atoms with Crippen molar-refractivity contribution in [2.24, 2.45) is 5.92 Å². The number of aromatic amines is 1. The van der Waals surface area contributed by atoms with Crippen molar-refractivity contribution in [1.29, 1.82) is 0 Å². The molecule has 2 N–H and O–H groups in total. The quantitative estimate of drug-likeness (QED) is 0.519. The van der Waals surface area contributed by atoms with Crippen molar-refractivity contribution in [3.8, 4) is 0 Å². The van der Waals surface area contributed by atoms with Gasteiger partial charge >= 0.3 is 0 Å². The number of nitrogens with one attached hydrogen (secondary N) is 2. The van der Waals surface area contributed by atoms with E-state index in [1.807, 2.05) is 6.92 Å². The summed E-state index contributed by atoms with van der Waals surface area (Å²) in [6.07, 6.45) is 5.26. The standard InChI is InChI=1S/C20H23BrN8O3/c1-11(29-5-4-17(21)26-29)20(31)28-8-13(9-28)18-16(23-10-32-18)7-22-19(30)12-2-3-14-15(6-12)25-27-24-14/h4-5,10-13H,2-3,6-9H2,1H3,(H,22,30)(H,24,25,27). The van der Waals surface area contributed by atoms with Crippen LogP contribution in [0, 0.1) is 5.92 Å². The number of likely N-dealkylation sites (tertiary alicyclic amines) is 1. The molecule has 1 aliphatic carbocycles. The van der Waals surface area contributed by atoms with Crippen LogP contribution in [0.4, 0.5) is 0 Å². The predicted molar refractivity (Wildman–Crippen MR) is 114 cm³/mol. The highest BCUT2D eigenvalue weighted by Gasteiger charge is 2.38. The molecule has 0 spiro atoms. The molecule has 12 heteroatoms. The van der Waals surface area contributed by atoms with Crippen LogP contribution in [0.15, 0.2) is 27.7 Å². The third kappa shape index (κ3) is 3.94. The van der Waals surface area contributed by atoms with E-state index in [0.717, 1.165) is 30.0 Å². The van der Waals surface area contributed by atoms with Crippen LogP contribution >= 0.6 is 15.9 Å². The van der Waals surface area contributed by atoms with Crippen molar-refractivity contribution in [3.63, 3.8) is 0 Å². The first-order chi connectivity index (χ1) is 15.5. The van der Waals surface area contributed by atoms with Crippen molar-refractivity contribution in [3.05, 3.63) is 46.1 Å². The molecule has 4 heterocycles. The van der Waals surface area contributed by atoms with Crippen LogP contribution in [-0.4, -0.2) is 60.0 Å². The Hall–Kier alpha value is -3.02. The highest BCUT2D eigenvalue weighted by atomic mass is 79.9. The van der Waals surface area contributed by atoms with Gasteiger partial charge in [-0.2, -0.15) is 20.5 Å². The minimum atomic E-state index is -0.378. The summed E-state index contributed by atoms with van der Waals surface area (Å²) in [7, 11) is 0. The molecule has 1 aliphatic heterocycles. The molecule has 0 saturated carbocycles. The van der Waals surface area contributed by atoms with Crippen LogP contribution in [0.2, 0.25) is 0 Å². The van der Waals surface area contributed by atoms with Crippen molar-refractivity contribution < 1.29 is 14.0 Å². The fourth-order valence-corrected chi connectivity index (χ4v) is 4.60. The van der Waals surface area contributed by atoms with Gasteiger partial charge in [0.25, 0.3) is 0 Å². The number of carbonyl (C=O) groups excluding carboxylic acids is 2. The van der Waals surface area contributed by atoms with Gasteiger partial charge in [0.2, 0.25) is 11.8 Å². The summed E-state index contributed by atoms with van der Waals surface area (Å²) < 4.78 is 7.95. The number of fused-ring (bicyclic) bond motifs is 1. The molecule has 0 radical (unpaired) electrons. The minimum absolute atomic E-state index is 0.00995. The lowest BCUT2D eigenvalue weighted by molar-refractivity contribution is -0.139. The van der Waals surface area contributed by atoms with Crippen molar-refractivity contribution in [2.45, 2.75) is 44.7 Å². The van der Waals surface area contributed by atoms with Gasteiger partial charge in [-0.15, -0.1) is 0 Å². The fraction of sp³-hybridized carbons (Fsp3) is 0.500. The lowest BCUT2D eigenvalue weighted by Gasteiger charge is -2.39. The molecule has 3 aromatic rings. The highest BCUT2D eigenvalue weighted by Crippen LogP contribution is 2.31. The van der Waals surface area contributed by atoms with Crippen LogP contribution in [0.25, 0.3) is 0 Å². The molecule has 2 unspecified atom stereocenters. The average molecular weight is 503 g/mol. The first kappa shape index (κ1) is 20.9. The molecule has 0 aromatic carbocycles. The van der Waals surface area contributed by atoms with Crippen molar-refractivity contribution in [2.75, 3.05) is 13.1 Å². The van der Waals surface area contributed by atoms with Crippen LogP contribution < -0.4 is 5.32 Å². The maximum atomic E-state index is 12.7. The summed E-state index contributed by atoms with van der Waals surface area (Å²) in [5.41, 5.74) is 2.53. The smallest absolute Gasteiger partial charge is 0.247 e. The monoisotopic (exact) mass is 502 g/mol. The molecule has 2 aliphatic rings. The van der Waals surface area contributed by atoms with Gasteiger partial charge in [-0.1, -0.05) is 0 Å². The van der Waals surface area contributed by atoms with Gasteiger partial charge in [0.15, 0.2) is 6.39 Å². The molecule has 1 fully saturated rings. The van der Waals surface area contributed by atoms with E-state index >= 15 is 0 Å². The molecule has 5 rings (SSSR count). The van der Waals surface area contributed by atoms with Crippen molar-refractivity contribution in [1.82, 2.24) is 40.4 Å². The third-order valence-electron chi connectivity index (χ3n) is 6.24. The van der Waals surface area contributed by atoms with Gasteiger partial charge in [0.1, 0.15) is 22.1 Å². The summed E-state index contributed by atoms with van der Waals surface area (Å²) in [5, 5.41) is 18.1. The Morgan fingerprint density at radius 2 is 2.16 bits per heavy atom. The maximum absolute atomic E-state index is 12.7. The Bertz CT molecular complexity index is 1130. The Morgan fingerprint density at radius 1 is 1.34 bits per heavy atom. The number of hydrogen-bond acceptors (Lipinski definition) is 7. The van der Waals surface area contributed by atoms with E-state index in [1.165, 1.54) is 6.39 Å². The highest BCUT2D eigenvalue weighted by molar-refractivity contribution is 9.10. The molecule has 2 amide bonds. The van der Waals surface area contributed by atoms with E-state index in [9.17, 15) is 9.59 Å². The summed E-state index contributed by atoms with van der Waals surface area (Å²) in [5.74, 6) is 0.667. The number of oxazole rings is 1. The number of nitrogens with zero attached hydrogens (tertiary/aromatic N) is 6. The van der Waals surface area contributed by atoms with Crippen LogP contribution in [0.5, 0.6) is 0 Å². The van der Waals surface area contributed by atoms with E-state index in [0.29, 0.717) is 36.4 Å². The number of halogens is 1. The number of amides is 2. The summed E-state index contributed by atoms with van der Waals surface area (Å²) in [4.78, 5) is 31.5. The van der Waals surface area contributed by atoms with Gasteiger partial charge in [0.05, 0.1) is 23.9 Å². The fourth-order valence-electron chi connectivity index (χ4n) is 4.30. The van der Waals surface area contributed by atoms with Crippen LogP contribution in [0.1, 0.15) is 48.1 Å². The summed E-state index contributed by atoms with van der Waals surface area (Å²) in [6.45, 7) is 3.24. The average Bonchev–Trinajstić information content (AvgIpc) is 3.50. The van der Waals surface area contributed by atoms with Crippen LogP contribution in [0.3, 0.4) is 0 Å². The van der Waals surface area contributed by atoms with Crippen LogP contribution in [-0.2, 0) is 29.0 Å².